The molecule has 149 valence electrons. The molecule has 0 aliphatic carbocycles. The van der Waals surface area contributed by atoms with Gasteiger partial charge in [0.1, 0.15) is 5.75 Å². The number of hydrogen-bond acceptors (Lipinski definition) is 3. The van der Waals surface area contributed by atoms with E-state index in [0.717, 1.165) is 24.2 Å². The maximum Gasteiger partial charge on any atom is 0.234 e. The standard InChI is InChI=1S/C25H31O3/c1-7-24(3,4)19-13-14-23(21(15-19)25(5,6)8-2)28-17-22(27)20-12-10-9-11-18(20)16-26/h9-15H,7-8,17H2,1-6H3. The molecule has 0 fully saturated rings. The predicted molar refractivity (Wildman–Crippen MR) is 114 cm³/mol. The van der Waals surface area contributed by atoms with E-state index in [2.05, 4.69) is 53.7 Å². The Morgan fingerprint density at radius 2 is 1.61 bits per heavy atom. The Kier molecular flexibility index (Phi) is 6.82. The highest BCUT2D eigenvalue weighted by Crippen LogP contribution is 2.38. The van der Waals surface area contributed by atoms with Crippen LogP contribution in [-0.2, 0) is 15.6 Å². The van der Waals surface area contributed by atoms with Crippen molar-refractivity contribution in [1.29, 1.82) is 0 Å². The zero-order chi connectivity index (χ0) is 20.9. The normalized spacial score (nSPS) is 11.9. The number of carbonyl (C=O) groups excluding carboxylic acids is 2. The zero-order valence-corrected chi connectivity index (χ0v) is 17.9. The van der Waals surface area contributed by atoms with E-state index in [1.54, 1.807) is 24.3 Å². The monoisotopic (exact) mass is 379 g/mol. The fourth-order valence-corrected chi connectivity index (χ4v) is 3.04. The third-order valence-corrected chi connectivity index (χ3v) is 5.95. The summed E-state index contributed by atoms with van der Waals surface area (Å²) in [6.07, 6.45) is 3.82. The average Bonchev–Trinajstić information content (AvgIpc) is 2.71. The summed E-state index contributed by atoms with van der Waals surface area (Å²) in [6.45, 7) is 13.1. The molecule has 1 radical (unpaired) electrons. The highest BCUT2D eigenvalue weighted by molar-refractivity contribution is 6.03. The molecule has 28 heavy (non-hydrogen) atoms. The second kappa shape index (κ2) is 8.72. The van der Waals surface area contributed by atoms with Gasteiger partial charge < -0.3 is 4.74 Å². The molecule has 0 amide bonds. The number of benzene rings is 2. The number of hydrogen-bond donors (Lipinski definition) is 0. The van der Waals surface area contributed by atoms with Crippen LogP contribution < -0.4 is 4.74 Å². The lowest BCUT2D eigenvalue weighted by Gasteiger charge is -2.30. The number of rotatable bonds is 9. The van der Waals surface area contributed by atoms with Gasteiger partial charge in [-0.3, -0.25) is 9.59 Å². The van der Waals surface area contributed by atoms with Gasteiger partial charge in [0.2, 0.25) is 12.1 Å². The molecule has 2 aromatic carbocycles. The van der Waals surface area contributed by atoms with E-state index in [0.29, 0.717) is 5.56 Å². The molecular formula is C25H31O3. The minimum Gasteiger partial charge on any atom is -0.485 e. The maximum absolute atomic E-state index is 12.6. The van der Waals surface area contributed by atoms with Crippen LogP contribution in [0.1, 0.15) is 81.4 Å². The van der Waals surface area contributed by atoms with Crippen molar-refractivity contribution in [3.8, 4) is 5.75 Å². The maximum atomic E-state index is 12.6. The summed E-state index contributed by atoms with van der Waals surface area (Å²) in [7, 11) is 0. The molecule has 0 unspecified atom stereocenters. The fourth-order valence-electron chi connectivity index (χ4n) is 3.04. The average molecular weight is 380 g/mol. The molecule has 0 spiro atoms. The van der Waals surface area contributed by atoms with E-state index in [1.807, 2.05) is 12.4 Å². The summed E-state index contributed by atoms with van der Waals surface area (Å²) >= 11 is 0. The topological polar surface area (TPSA) is 43.4 Å². The Balaban J connectivity index is 2.34. The van der Waals surface area contributed by atoms with Crippen molar-refractivity contribution in [3.05, 3.63) is 64.7 Å². The summed E-state index contributed by atoms with van der Waals surface area (Å²) in [6, 6.07) is 13.0. The van der Waals surface area contributed by atoms with Crippen LogP contribution in [-0.4, -0.2) is 18.7 Å². The molecule has 2 rings (SSSR count). The van der Waals surface area contributed by atoms with Gasteiger partial charge in [-0.15, -0.1) is 0 Å². The molecule has 2 aromatic rings. The molecule has 0 N–H and O–H groups in total. The number of Topliss-reactive ketones (excluding diaryl/α,β-unsaturated/α-hetero) is 1. The quantitative estimate of drug-likeness (QED) is 0.519. The van der Waals surface area contributed by atoms with Crippen molar-refractivity contribution in [2.45, 2.75) is 65.2 Å². The van der Waals surface area contributed by atoms with Gasteiger partial charge in [0.15, 0.2) is 6.61 Å². The fraction of sp³-hybridized carbons (Fsp3) is 0.440. The molecule has 0 heterocycles. The van der Waals surface area contributed by atoms with Crippen molar-refractivity contribution < 1.29 is 14.3 Å². The van der Waals surface area contributed by atoms with Gasteiger partial charge in [0, 0.05) is 16.7 Å². The Labute approximate surface area is 169 Å². The van der Waals surface area contributed by atoms with Crippen LogP contribution in [0.2, 0.25) is 0 Å². The second-order valence-corrected chi connectivity index (χ2v) is 8.55. The Morgan fingerprint density at radius 1 is 0.964 bits per heavy atom. The van der Waals surface area contributed by atoms with Gasteiger partial charge in [-0.25, -0.2) is 0 Å². The molecular weight excluding hydrogens is 348 g/mol. The summed E-state index contributed by atoms with van der Waals surface area (Å²) in [5.74, 6) is 0.501. The molecule has 0 saturated carbocycles. The SMILES string of the molecule is CCC(C)(C)c1ccc(OCC(=O)c2ccccc2[C]=O)c(C(C)(C)CC)c1. The minimum atomic E-state index is -0.225. The van der Waals surface area contributed by atoms with Gasteiger partial charge in [-0.2, -0.15) is 0 Å². The third kappa shape index (κ3) is 4.70. The van der Waals surface area contributed by atoms with E-state index in [9.17, 15) is 9.59 Å². The van der Waals surface area contributed by atoms with Gasteiger partial charge in [-0.1, -0.05) is 77.9 Å². The van der Waals surface area contributed by atoms with Gasteiger partial charge in [0.05, 0.1) is 0 Å². The number of carbonyl (C=O) groups is 1. The van der Waals surface area contributed by atoms with Crippen LogP contribution >= 0.6 is 0 Å². The first-order chi connectivity index (χ1) is 13.2. The van der Waals surface area contributed by atoms with E-state index >= 15 is 0 Å². The van der Waals surface area contributed by atoms with Crippen molar-refractivity contribution >= 4 is 12.1 Å². The van der Waals surface area contributed by atoms with Crippen LogP contribution in [0.15, 0.2) is 42.5 Å². The summed E-state index contributed by atoms with van der Waals surface area (Å²) in [4.78, 5) is 23.7. The molecule has 0 bridgehead atoms. The molecule has 3 nitrogen and oxygen atoms in total. The molecule has 0 aliphatic heterocycles. The Morgan fingerprint density at radius 3 is 2.21 bits per heavy atom. The van der Waals surface area contributed by atoms with Crippen LogP contribution in [0.3, 0.4) is 0 Å². The van der Waals surface area contributed by atoms with Gasteiger partial charge >= 0.3 is 0 Å². The Hall–Kier alpha value is -2.42. The van der Waals surface area contributed by atoms with Crippen molar-refractivity contribution in [2.75, 3.05) is 6.61 Å². The van der Waals surface area contributed by atoms with Crippen molar-refractivity contribution in [2.24, 2.45) is 0 Å². The number of ether oxygens (including phenoxy) is 1. The van der Waals surface area contributed by atoms with Crippen molar-refractivity contribution in [1.82, 2.24) is 0 Å². The third-order valence-electron chi connectivity index (χ3n) is 5.95. The highest BCUT2D eigenvalue weighted by atomic mass is 16.5. The predicted octanol–water partition coefficient (Wildman–Crippen LogP) is 5.78. The van der Waals surface area contributed by atoms with E-state index in [1.165, 1.54) is 5.56 Å². The lowest BCUT2D eigenvalue weighted by molar-refractivity contribution is 0.0919. The first-order valence-electron chi connectivity index (χ1n) is 9.94. The smallest absolute Gasteiger partial charge is 0.234 e. The van der Waals surface area contributed by atoms with Crippen LogP contribution in [0.4, 0.5) is 0 Å². The largest absolute Gasteiger partial charge is 0.485 e. The molecule has 0 saturated heterocycles. The summed E-state index contributed by atoms with van der Waals surface area (Å²) in [5.41, 5.74) is 2.99. The molecule has 3 heteroatoms. The van der Waals surface area contributed by atoms with Gasteiger partial charge in [0.25, 0.3) is 0 Å². The summed E-state index contributed by atoms with van der Waals surface area (Å²) < 4.78 is 5.96. The minimum absolute atomic E-state index is 0.0751. The summed E-state index contributed by atoms with van der Waals surface area (Å²) in [5, 5.41) is 0. The molecule has 0 atom stereocenters. The Bertz CT molecular complexity index is 847. The zero-order valence-electron chi connectivity index (χ0n) is 17.9. The van der Waals surface area contributed by atoms with Crippen LogP contribution in [0.5, 0.6) is 5.75 Å². The highest BCUT2D eigenvalue weighted by Gasteiger charge is 2.27. The molecule has 0 aromatic heterocycles. The van der Waals surface area contributed by atoms with Gasteiger partial charge in [-0.05, 0) is 35.3 Å². The van der Waals surface area contributed by atoms with Crippen LogP contribution in [0.25, 0.3) is 0 Å². The van der Waals surface area contributed by atoms with E-state index < -0.39 is 0 Å². The lowest BCUT2D eigenvalue weighted by Crippen LogP contribution is -2.22. The first kappa shape index (κ1) is 21.9. The van der Waals surface area contributed by atoms with E-state index in [-0.39, 0.29) is 28.8 Å². The number of ketones is 1. The first-order valence-corrected chi connectivity index (χ1v) is 9.94. The molecule has 0 aliphatic rings. The second-order valence-electron chi connectivity index (χ2n) is 8.55. The lowest BCUT2D eigenvalue weighted by atomic mass is 9.76. The van der Waals surface area contributed by atoms with Crippen molar-refractivity contribution in [3.63, 3.8) is 0 Å². The van der Waals surface area contributed by atoms with Crippen LogP contribution in [0, 0.1) is 0 Å². The van der Waals surface area contributed by atoms with E-state index in [4.69, 9.17) is 4.74 Å².